The van der Waals surface area contributed by atoms with Crippen molar-refractivity contribution >= 4 is 11.3 Å². The molecule has 1 aromatic rings. The summed E-state index contributed by atoms with van der Waals surface area (Å²) >= 11 is 1.98. The lowest BCUT2D eigenvalue weighted by Gasteiger charge is -2.30. The maximum absolute atomic E-state index is 6.27. The molecule has 2 aliphatic carbocycles. The molecular formula is C12H17NS. The fourth-order valence-electron chi connectivity index (χ4n) is 2.55. The van der Waals surface area contributed by atoms with E-state index in [1.165, 1.54) is 43.4 Å². The second-order valence-corrected chi connectivity index (χ2v) is 5.84. The Kier molecular flexibility index (Phi) is 2.14. The van der Waals surface area contributed by atoms with Crippen LogP contribution in [-0.4, -0.2) is 0 Å². The lowest BCUT2D eigenvalue weighted by Crippen LogP contribution is -2.26. The molecule has 0 aromatic carbocycles. The molecule has 1 unspecified atom stereocenters. The first kappa shape index (κ1) is 8.93. The van der Waals surface area contributed by atoms with Crippen LogP contribution in [0.5, 0.6) is 0 Å². The first-order valence-corrected chi connectivity index (χ1v) is 6.53. The van der Waals surface area contributed by atoms with Crippen molar-refractivity contribution in [2.45, 2.75) is 44.6 Å². The van der Waals surface area contributed by atoms with Crippen LogP contribution < -0.4 is 5.73 Å². The van der Waals surface area contributed by atoms with Gasteiger partial charge < -0.3 is 5.73 Å². The molecule has 1 aromatic heterocycles. The molecule has 76 valence electrons. The van der Waals surface area contributed by atoms with E-state index in [0.717, 1.165) is 5.92 Å². The quantitative estimate of drug-likeness (QED) is 0.792. The Morgan fingerprint density at radius 2 is 2.14 bits per heavy atom. The Balaban J connectivity index is 1.82. The molecule has 1 nitrogen and oxygen atoms in total. The first-order chi connectivity index (χ1) is 6.84. The molecular weight excluding hydrogens is 190 g/mol. The van der Waals surface area contributed by atoms with Gasteiger partial charge in [-0.25, -0.2) is 0 Å². The monoisotopic (exact) mass is 207 g/mol. The zero-order valence-corrected chi connectivity index (χ0v) is 9.28. The number of nitrogens with two attached hydrogens (primary N) is 1. The summed E-state index contributed by atoms with van der Waals surface area (Å²) in [5.74, 6) is 0.786. The summed E-state index contributed by atoms with van der Waals surface area (Å²) in [6.45, 7) is 0. The minimum absolute atomic E-state index is 0.347. The van der Waals surface area contributed by atoms with Crippen LogP contribution in [0.15, 0.2) is 6.07 Å². The standard InChI is InChI=1S/C12H17NS/c13-12(8-3-1-4-8)11-7-9-5-2-6-10(9)14-11/h7-8,12H,1-6,13H2. The second-order valence-electron chi connectivity index (χ2n) is 4.67. The fraction of sp³-hybridized carbons (Fsp3) is 0.667. The summed E-state index contributed by atoms with van der Waals surface area (Å²) in [6.07, 6.45) is 8.05. The van der Waals surface area contributed by atoms with Gasteiger partial charge in [-0.05, 0) is 49.7 Å². The van der Waals surface area contributed by atoms with Crippen LogP contribution in [0.2, 0.25) is 0 Å². The number of fused-ring (bicyclic) bond motifs is 1. The lowest BCUT2D eigenvalue weighted by molar-refractivity contribution is 0.267. The molecule has 3 rings (SSSR count). The van der Waals surface area contributed by atoms with Gasteiger partial charge in [0.15, 0.2) is 0 Å². The van der Waals surface area contributed by atoms with Crippen LogP contribution in [0, 0.1) is 5.92 Å². The van der Waals surface area contributed by atoms with E-state index in [0.29, 0.717) is 6.04 Å². The molecule has 0 aliphatic heterocycles. The van der Waals surface area contributed by atoms with Gasteiger partial charge in [0.1, 0.15) is 0 Å². The third-order valence-corrected chi connectivity index (χ3v) is 5.09. The van der Waals surface area contributed by atoms with Crippen molar-refractivity contribution in [3.8, 4) is 0 Å². The van der Waals surface area contributed by atoms with E-state index in [1.807, 2.05) is 11.3 Å². The molecule has 1 heterocycles. The van der Waals surface area contributed by atoms with Crippen LogP contribution in [0.3, 0.4) is 0 Å². The Morgan fingerprint density at radius 1 is 1.29 bits per heavy atom. The molecule has 1 fully saturated rings. The van der Waals surface area contributed by atoms with Gasteiger partial charge in [-0.3, -0.25) is 0 Å². The Morgan fingerprint density at radius 3 is 2.79 bits per heavy atom. The van der Waals surface area contributed by atoms with E-state index in [4.69, 9.17) is 5.73 Å². The molecule has 0 spiro atoms. The predicted octanol–water partition coefficient (Wildman–Crippen LogP) is 3.04. The van der Waals surface area contributed by atoms with E-state index in [9.17, 15) is 0 Å². The van der Waals surface area contributed by atoms with Crippen molar-refractivity contribution in [2.75, 3.05) is 0 Å². The summed E-state index contributed by atoms with van der Waals surface area (Å²) in [5, 5.41) is 0. The van der Waals surface area contributed by atoms with Crippen LogP contribution in [0.25, 0.3) is 0 Å². The molecule has 2 heteroatoms. The summed E-state index contributed by atoms with van der Waals surface area (Å²) in [7, 11) is 0. The van der Waals surface area contributed by atoms with Crippen molar-refractivity contribution in [1.29, 1.82) is 0 Å². The van der Waals surface area contributed by atoms with Crippen molar-refractivity contribution < 1.29 is 0 Å². The third kappa shape index (κ3) is 1.32. The number of aryl methyl sites for hydroxylation is 2. The maximum atomic E-state index is 6.27. The normalized spacial score (nSPS) is 23.2. The summed E-state index contributed by atoms with van der Waals surface area (Å²) in [6, 6.07) is 2.73. The van der Waals surface area contributed by atoms with Crippen LogP contribution in [0.4, 0.5) is 0 Å². The van der Waals surface area contributed by atoms with Gasteiger partial charge in [-0.1, -0.05) is 6.42 Å². The molecule has 0 saturated heterocycles. The number of rotatable bonds is 2. The number of thiophene rings is 1. The zero-order chi connectivity index (χ0) is 9.54. The van der Waals surface area contributed by atoms with Crippen molar-refractivity contribution in [3.63, 3.8) is 0 Å². The van der Waals surface area contributed by atoms with E-state index in [1.54, 1.807) is 10.4 Å². The van der Waals surface area contributed by atoms with Crippen LogP contribution >= 0.6 is 11.3 Å². The molecule has 0 bridgehead atoms. The third-order valence-electron chi connectivity index (χ3n) is 3.75. The molecule has 1 saturated carbocycles. The Hall–Kier alpha value is -0.340. The SMILES string of the molecule is NC(c1cc2c(s1)CCC2)C1CCC1. The average molecular weight is 207 g/mol. The molecule has 2 N–H and O–H groups in total. The van der Waals surface area contributed by atoms with E-state index in [-0.39, 0.29) is 0 Å². The molecule has 0 amide bonds. The van der Waals surface area contributed by atoms with Gasteiger partial charge in [0.2, 0.25) is 0 Å². The van der Waals surface area contributed by atoms with Gasteiger partial charge in [-0.15, -0.1) is 11.3 Å². The van der Waals surface area contributed by atoms with Crippen molar-refractivity contribution in [3.05, 3.63) is 21.4 Å². The zero-order valence-electron chi connectivity index (χ0n) is 8.46. The summed E-state index contributed by atoms with van der Waals surface area (Å²) in [5.41, 5.74) is 7.87. The molecule has 0 radical (unpaired) electrons. The molecule has 1 atom stereocenters. The van der Waals surface area contributed by atoms with Crippen molar-refractivity contribution in [2.24, 2.45) is 11.7 Å². The average Bonchev–Trinajstić information content (AvgIpc) is 2.56. The highest BCUT2D eigenvalue weighted by molar-refractivity contribution is 7.12. The predicted molar refractivity (Wildman–Crippen MR) is 60.6 cm³/mol. The van der Waals surface area contributed by atoms with Gasteiger partial charge in [0.25, 0.3) is 0 Å². The van der Waals surface area contributed by atoms with Gasteiger partial charge in [0, 0.05) is 15.8 Å². The van der Waals surface area contributed by atoms with Crippen LogP contribution in [-0.2, 0) is 12.8 Å². The van der Waals surface area contributed by atoms with E-state index >= 15 is 0 Å². The van der Waals surface area contributed by atoms with Crippen LogP contribution in [0.1, 0.15) is 47.0 Å². The highest BCUT2D eigenvalue weighted by Gasteiger charge is 2.28. The minimum Gasteiger partial charge on any atom is -0.323 e. The largest absolute Gasteiger partial charge is 0.323 e. The minimum atomic E-state index is 0.347. The van der Waals surface area contributed by atoms with Gasteiger partial charge in [0.05, 0.1) is 0 Å². The second kappa shape index (κ2) is 3.35. The highest BCUT2D eigenvalue weighted by atomic mass is 32.1. The number of hydrogen-bond donors (Lipinski definition) is 1. The van der Waals surface area contributed by atoms with Gasteiger partial charge >= 0.3 is 0 Å². The smallest absolute Gasteiger partial charge is 0.0418 e. The summed E-state index contributed by atoms with van der Waals surface area (Å²) in [4.78, 5) is 3.08. The summed E-state index contributed by atoms with van der Waals surface area (Å²) < 4.78 is 0. The topological polar surface area (TPSA) is 26.0 Å². The highest BCUT2D eigenvalue weighted by Crippen LogP contribution is 2.41. The fourth-order valence-corrected chi connectivity index (χ4v) is 3.90. The Labute approximate surface area is 89.3 Å². The first-order valence-electron chi connectivity index (χ1n) is 5.71. The molecule has 2 aliphatic rings. The Bertz CT molecular complexity index is 317. The van der Waals surface area contributed by atoms with Crippen molar-refractivity contribution in [1.82, 2.24) is 0 Å². The molecule has 14 heavy (non-hydrogen) atoms. The van der Waals surface area contributed by atoms with E-state index < -0.39 is 0 Å². The maximum Gasteiger partial charge on any atom is 0.0418 e. The lowest BCUT2D eigenvalue weighted by atomic mass is 9.79. The number of hydrogen-bond acceptors (Lipinski definition) is 2. The van der Waals surface area contributed by atoms with Gasteiger partial charge in [-0.2, -0.15) is 0 Å². The van der Waals surface area contributed by atoms with E-state index in [2.05, 4.69) is 6.07 Å².